The third kappa shape index (κ3) is 6.53. The quantitative estimate of drug-likeness (QED) is 0.405. The van der Waals surface area contributed by atoms with Gasteiger partial charge in [-0.1, -0.05) is 12.5 Å². The van der Waals surface area contributed by atoms with Crippen molar-refractivity contribution in [1.82, 2.24) is 19.8 Å². The summed E-state index contributed by atoms with van der Waals surface area (Å²) >= 11 is 0. The first kappa shape index (κ1) is 28.2. The fraction of sp³-hybridized carbons (Fsp3) is 0.516. The van der Waals surface area contributed by atoms with Crippen LogP contribution in [0.5, 0.6) is 0 Å². The summed E-state index contributed by atoms with van der Waals surface area (Å²) in [6.45, 7) is 6.60. The average Bonchev–Trinajstić information content (AvgIpc) is 3.30. The van der Waals surface area contributed by atoms with E-state index < -0.39 is 17.3 Å². The molecule has 214 valence electrons. The number of carbonyl (C=O) groups excluding carboxylic acids is 2. The molecular weight excluding hydrogens is 509 g/mol. The Morgan fingerprint density at radius 1 is 1.05 bits per heavy atom. The number of rotatable bonds is 7. The van der Waals surface area contributed by atoms with Gasteiger partial charge in [0.05, 0.1) is 23.2 Å². The Kier molecular flexibility index (Phi) is 8.51. The molecule has 2 amide bonds. The lowest BCUT2D eigenvalue weighted by molar-refractivity contribution is -0.128. The zero-order chi connectivity index (χ0) is 28.3. The molecule has 0 radical (unpaired) electrons. The van der Waals surface area contributed by atoms with E-state index in [1.165, 1.54) is 49.1 Å². The van der Waals surface area contributed by atoms with E-state index in [1.807, 2.05) is 13.8 Å². The summed E-state index contributed by atoms with van der Waals surface area (Å²) in [7, 11) is 0. The highest BCUT2D eigenvalue weighted by molar-refractivity contribution is 5.95. The first-order valence-corrected chi connectivity index (χ1v) is 14.5. The van der Waals surface area contributed by atoms with Gasteiger partial charge in [-0.15, -0.1) is 0 Å². The third-order valence-electron chi connectivity index (χ3n) is 8.24. The van der Waals surface area contributed by atoms with Crippen LogP contribution in [0.25, 0.3) is 11.0 Å². The number of aliphatic hydroxyl groups is 1. The molecule has 1 aliphatic heterocycles. The summed E-state index contributed by atoms with van der Waals surface area (Å²) < 4.78 is 15.6. The van der Waals surface area contributed by atoms with Crippen molar-refractivity contribution in [2.24, 2.45) is 10.9 Å². The number of hydrogen-bond acceptors (Lipinski definition) is 4. The number of aromatic nitrogens is 2. The summed E-state index contributed by atoms with van der Waals surface area (Å²) in [5.41, 5.74) is 3.25. The molecule has 2 aliphatic rings. The van der Waals surface area contributed by atoms with Gasteiger partial charge in [0, 0.05) is 24.1 Å². The number of H-pyrrole nitrogens is 1. The Hall–Kier alpha value is -3.30. The molecule has 0 atom stereocenters. The van der Waals surface area contributed by atoms with E-state index >= 15 is 0 Å². The van der Waals surface area contributed by atoms with Crippen molar-refractivity contribution in [3.63, 3.8) is 0 Å². The van der Waals surface area contributed by atoms with Gasteiger partial charge in [-0.05, 0) is 107 Å². The average molecular weight is 550 g/mol. The minimum Gasteiger partial charge on any atom is -0.394 e. The van der Waals surface area contributed by atoms with Crippen LogP contribution in [0.3, 0.4) is 0 Å². The van der Waals surface area contributed by atoms with Gasteiger partial charge < -0.3 is 20.0 Å². The lowest BCUT2D eigenvalue weighted by Crippen LogP contribution is -2.49. The molecule has 0 bridgehead atoms. The summed E-state index contributed by atoms with van der Waals surface area (Å²) in [4.78, 5) is 36.2. The van der Waals surface area contributed by atoms with E-state index in [0.717, 1.165) is 43.5 Å². The zero-order valence-electron chi connectivity index (χ0n) is 23.5. The fourth-order valence-electron chi connectivity index (χ4n) is 5.93. The van der Waals surface area contributed by atoms with Crippen LogP contribution in [0.1, 0.15) is 80.8 Å². The van der Waals surface area contributed by atoms with Crippen LogP contribution in [0, 0.1) is 11.7 Å². The maximum atomic E-state index is 13.4. The standard InChI is InChI=1S/C31H40FN5O3/c1-31(2,20-38)35-29(40)23-9-13-25(14-10-23)37-27-18-21(19-36-16-4-3-5-17-36)6-15-26(27)33-30(37)34-28(39)22-7-11-24(32)12-8-22/h6-8,11-12,15,18,23,25,38H,3-5,9-10,13-14,16-17,19-20H2,1-2H3,(H,35,40)(H,33,34,39)/t23-,25+. The van der Waals surface area contributed by atoms with E-state index in [9.17, 15) is 19.1 Å². The number of aliphatic hydroxyl groups excluding tert-OH is 1. The molecule has 5 rings (SSSR count). The number of hydrogen-bond donors (Lipinski definition) is 3. The lowest BCUT2D eigenvalue weighted by Gasteiger charge is -2.32. The van der Waals surface area contributed by atoms with Gasteiger partial charge in [-0.2, -0.15) is 4.99 Å². The summed E-state index contributed by atoms with van der Waals surface area (Å²) in [5.74, 6) is -0.986. The third-order valence-corrected chi connectivity index (χ3v) is 8.24. The molecule has 1 aliphatic carbocycles. The number of nitrogens with one attached hydrogen (secondary N) is 2. The van der Waals surface area contributed by atoms with Gasteiger partial charge >= 0.3 is 0 Å². The molecule has 9 heteroatoms. The molecule has 1 saturated carbocycles. The minimum atomic E-state index is -0.656. The van der Waals surface area contributed by atoms with E-state index in [-0.39, 0.29) is 24.5 Å². The summed E-state index contributed by atoms with van der Waals surface area (Å²) in [6.07, 6.45) is 6.68. The van der Waals surface area contributed by atoms with Gasteiger partial charge in [0.1, 0.15) is 5.82 Å². The highest BCUT2D eigenvalue weighted by Crippen LogP contribution is 2.34. The zero-order valence-corrected chi connectivity index (χ0v) is 23.5. The van der Waals surface area contributed by atoms with Crippen molar-refractivity contribution in [2.75, 3.05) is 19.7 Å². The maximum Gasteiger partial charge on any atom is 0.280 e. The molecule has 3 aromatic rings. The first-order valence-electron chi connectivity index (χ1n) is 14.5. The smallest absolute Gasteiger partial charge is 0.280 e. The Labute approximate surface area is 234 Å². The predicted octanol–water partition coefficient (Wildman–Crippen LogP) is 4.45. The second kappa shape index (κ2) is 12.1. The number of imidazole rings is 1. The molecular formula is C31H40FN5O3. The van der Waals surface area contributed by atoms with Gasteiger partial charge in [-0.3, -0.25) is 14.5 Å². The predicted molar refractivity (Wildman–Crippen MR) is 152 cm³/mol. The number of halogens is 1. The molecule has 2 aromatic carbocycles. The fourth-order valence-corrected chi connectivity index (χ4v) is 5.93. The Morgan fingerprint density at radius 3 is 2.42 bits per heavy atom. The number of aromatic amines is 1. The van der Waals surface area contributed by atoms with Gasteiger partial charge in [0.25, 0.3) is 5.91 Å². The van der Waals surface area contributed by atoms with E-state index in [2.05, 4.69) is 43.0 Å². The van der Waals surface area contributed by atoms with Crippen molar-refractivity contribution in [1.29, 1.82) is 0 Å². The number of carbonyl (C=O) groups is 2. The van der Waals surface area contributed by atoms with Gasteiger partial charge in [-0.25, -0.2) is 4.39 Å². The molecule has 3 N–H and O–H groups in total. The Balaban J connectivity index is 1.45. The minimum absolute atomic E-state index is 0.0263. The van der Waals surface area contributed by atoms with Crippen LogP contribution in [-0.2, 0) is 11.3 Å². The van der Waals surface area contributed by atoms with Gasteiger partial charge in [0.2, 0.25) is 11.5 Å². The Morgan fingerprint density at radius 2 is 1.75 bits per heavy atom. The number of amides is 2. The van der Waals surface area contributed by atoms with Crippen LogP contribution in [0.4, 0.5) is 4.39 Å². The van der Waals surface area contributed by atoms with Crippen molar-refractivity contribution in [2.45, 2.75) is 76.9 Å². The van der Waals surface area contributed by atoms with Crippen LogP contribution in [0.15, 0.2) is 47.5 Å². The molecule has 8 nitrogen and oxygen atoms in total. The number of likely N-dealkylation sites (tertiary alicyclic amines) is 1. The Bertz CT molecular complexity index is 1410. The maximum absolute atomic E-state index is 13.4. The molecule has 1 aromatic heterocycles. The molecule has 1 saturated heterocycles. The van der Waals surface area contributed by atoms with Crippen molar-refractivity contribution in [3.05, 3.63) is 65.0 Å². The van der Waals surface area contributed by atoms with E-state index in [1.54, 1.807) is 0 Å². The number of fused-ring (bicyclic) bond motifs is 1. The van der Waals surface area contributed by atoms with Crippen molar-refractivity contribution < 1.29 is 19.1 Å². The second-order valence-electron chi connectivity index (χ2n) is 12.0. The lowest BCUT2D eigenvalue weighted by atomic mass is 9.84. The normalized spacial score (nSPS) is 21.1. The van der Waals surface area contributed by atoms with Crippen LogP contribution in [-0.4, -0.2) is 56.6 Å². The molecule has 0 unspecified atom stereocenters. The molecule has 0 spiro atoms. The first-order chi connectivity index (χ1) is 19.2. The number of nitrogens with zero attached hydrogens (tertiary/aromatic N) is 3. The number of piperidine rings is 1. The number of benzene rings is 2. The highest BCUT2D eigenvalue weighted by atomic mass is 19.1. The van der Waals surface area contributed by atoms with Crippen molar-refractivity contribution in [3.8, 4) is 0 Å². The van der Waals surface area contributed by atoms with E-state index in [4.69, 9.17) is 0 Å². The topological polar surface area (TPSA) is 103 Å². The van der Waals surface area contributed by atoms with Gasteiger partial charge in [0.15, 0.2) is 0 Å². The SMILES string of the molecule is CC(C)(CO)NC(=O)[C@H]1CC[C@@H](n2/c(=N/C(=O)c3ccc(F)cc3)[nH]c3ccc(CN4CCCCC4)cc32)CC1. The molecule has 2 fully saturated rings. The highest BCUT2D eigenvalue weighted by Gasteiger charge is 2.31. The molecule has 40 heavy (non-hydrogen) atoms. The van der Waals surface area contributed by atoms with Crippen molar-refractivity contribution >= 4 is 22.8 Å². The monoisotopic (exact) mass is 549 g/mol. The van der Waals surface area contributed by atoms with E-state index in [0.29, 0.717) is 24.0 Å². The van der Waals surface area contributed by atoms with Crippen LogP contribution in [0.2, 0.25) is 0 Å². The largest absolute Gasteiger partial charge is 0.394 e. The molecule has 2 heterocycles. The van der Waals surface area contributed by atoms with Crippen LogP contribution >= 0.6 is 0 Å². The summed E-state index contributed by atoms with van der Waals surface area (Å²) in [5, 5.41) is 12.5. The van der Waals surface area contributed by atoms with Crippen LogP contribution < -0.4 is 10.9 Å². The second-order valence-corrected chi connectivity index (χ2v) is 12.0. The summed E-state index contributed by atoms with van der Waals surface area (Å²) in [6, 6.07) is 11.9.